The van der Waals surface area contributed by atoms with Crippen molar-refractivity contribution in [2.24, 2.45) is 0 Å². The predicted octanol–water partition coefficient (Wildman–Crippen LogP) is 5.87. The maximum atomic E-state index is 12.0. The Morgan fingerprint density at radius 3 is 0.909 bits per heavy atom. The molecule has 0 saturated carbocycles. The summed E-state index contributed by atoms with van der Waals surface area (Å²) >= 11 is 0. The van der Waals surface area contributed by atoms with Gasteiger partial charge in [-0.2, -0.15) is 0 Å². The first-order chi connectivity index (χ1) is 14.1. The van der Waals surface area contributed by atoms with Crippen LogP contribution in [-0.2, 0) is 38.7 Å². The average molecular weight is 504 g/mol. The van der Waals surface area contributed by atoms with E-state index in [1.54, 1.807) is 12.1 Å². The molecule has 0 amide bonds. The van der Waals surface area contributed by atoms with Crippen molar-refractivity contribution in [3.8, 4) is 11.5 Å². The Morgan fingerprint density at radius 1 is 0.485 bits per heavy atom. The van der Waals surface area contributed by atoms with Gasteiger partial charge in [-0.3, -0.25) is 0 Å². The van der Waals surface area contributed by atoms with Crippen LogP contribution in [0.2, 0.25) is 0 Å². The first-order valence-electron chi connectivity index (χ1n) is 11.3. The predicted molar refractivity (Wildman–Crippen MR) is 135 cm³/mol. The smallest absolute Gasteiger partial charge is 0.871 e. The molecule has 0 atom stereocenters. The van der Waals surface area contributed by atoms with Gasteiger partial charge in [0.05, 0.1) is 0 Å². The molecule has 0 heterocycles. The molecule has 2 aromatic rings. The quantitative estimate of drug-likeness (QED) is 0.346. The van der Waals surface area contributed by atoms with Gasteiger partial charge >= 0.3 is 17.1 Å². The Hall–Kier alpha value is -1.84. The summed E-state index contributed by atoms with van der Waals surface area (Å²) in [6.07, 6.45) is 0. The van der Waals surface area contributed by atoms with E-state index in [9.17, 15) is 10.2 Å². The van der Waals surface area contributed by atoms with E-state index in [4.69, 9.17) is 11.5 Å². The van der Waals surface area contributed by atoms with E-state index in [0.29, 0.717) is 11.4 Å². The molecule has 0 aliphatic carbocycles. The largest absolute Gasteiger partial charge is 2.00 e. The van der Waals surface area contributed by atoms with Crippen LogP contribution in [0.1, 0.15) is 105 Å². The molecule has 0 aromatic heterocycles. The van der Waals surface area contributed by atoms with Crippen LogP contribution in [0.5, 0.6) is 11.5 Å². The normalized spacial score (nSPS) is 12.5. The number of nitrogen functional groups attached to an aromatic ring is 2. The molecule has 4 N–H and O–H groups in total. The Bertz CT molecular complexity index is 875. The minimum absolute atomic E-state index is 0. The van der Waals surface area contributed by atoms with Crippen molar-refractivity contribution in [2.45, 2.75) is 105 Å². The summed E-state index contributed by atoms with van der Waals surface area (Å²) in [6, 6.07) is 7.60. The Morgan fingerprint density at radius 2 is 0.727 bits per heavy atom. The molecule has 0 aliphatic rings. The Kier molecular flexibility index (Phi) is 9.62. The SMILES string of the molecule is CC(C)(C)c1cc(N)c([O-])c(C(C)(C)C)c1.CC(C)(C)c1cc(N)c([O-])c(C(C)(C)C)c1.[Cu+2]. The van der Waals surface area contributed by atoms with Gasteiger partial charge in [-0.1, -0.05) is 107 Å². The zero-order valence-electron chi connectivity index (χ0n) is 22.6. The van der Waals surface area contributed by atoms with Crippen LogP contribution in [0.3, 0.4) is 0 Å². The molecule has 0 fully saturated rings. The third kappa shape index (κ3) is 8.15. The van der Waals surface area contributed by atoms with Gasteiger partial charge in [0.15, 0.2) is 0 Å². The fraction of sp³-hybridized carbons (Fsp3) is 0.571. The second-order valence-corrected chi connectivity index (χ2v) is 12.9. The molecule has 2 aromatic carbocycles. The van der Waals surface area contributed by atoms with Gasteiger partial charge in [0.1, 0.15) is 0 Å². The van der Waals surface area contributed by atoms with E-state index in [-0.39, 0.29) is 50.2 Å². The van der Waals surface area contributed by atoms with Crippen molar-refractivity contribution in [1.29, 1.82) is 0 Å². The first kappa shape index (κ1) is 31.2. The molecular formula is C28H44CuN2O2. The molecule has 0 saturated heterocycles. The van der Waals surface area contributed by atoms with E-state index in [1.165, 1.54) is 0 Å². The molecule has 2 rings (SSSR count). The summed E-state index contributed by atoms with van der Waals surface area (Å²) in [7, 11) is 0. The summed E-state index contributed by atoms with van der Waals surface area (Å²) in [5.74, 6) is -0.0546. The summed E-state index contributed by atoms with van der Waals surface area (Å²) in [4.78, 5) is 0. The summed E-state index contributed by atoms with van der Waals surface area (Å²) in [5.41, 5.74) is 15.9. The topological polar surface area (TPSA) is 98.2 Å². The number of rotatable bonds is 0. The van der Waals surface area contributed by atoms with Crippen molar-refractivity contribution in [1.82, 2.24) is 0 Å². The maximum Gasteiger partial charge on any atom is 2.00 e. The van der Waals surface area contributed by atoms with E-state index < -0.39 is 0 Å². The third-order valence-corrected chi connectivity index (χ3v) is 5.58. The average Bonchev–Trinajstić information content (AvgIpc) is 2.56. The molecule has 0 aliphatic heterocycles. The fourth-order valence-corrected chi connectivity index (χ4v) is 3.28. The van der Waals surface area contributed by atoms with Gasteiger partial charge in [-0.05, 0) is 56.0 Å². The first-order valence-corrected chi connectivity index (χ1v) is 11.3. The van der Waals surface area contributed by atoms with Crippen LogP contribution in [0.15, 0.2) is 24.3 Å². The standard InChI is InChI=1S/2C14H23NO.Cu/c2*1-13(2,3)9-7-10(14(4,5)6)12(16)11(15)8-9;/h2*7-8,16H,15H2,1-6H3;/q;;+2/p-2. The van der Waals surface area contributed by atoms with E-state index in [0.717, 1.165) is 22.3 Å². The number of anilines is 2. The fourth-order valence-electron chi connectivity index (χ4n) is 3.28. The molecule has 4 nitrogen and oxygen atoms in total. The van der Waals surface area contributed by atoms with Crippen LogP contribution in [-0.4, -0.2) is 0 Å². The third-order valence-electron chi connectivity index (χ3n) is 5.58. The molecular weight excluding hydrogens is 460 g/mol. The van der Waals surface area contributed by atoms with E-state index in [1.807, 2.05) is 53.7 Å². The van der Waals surface area contributed by atoms with Gasteiger partial charge < -0.3 is 21.7 Å². The molecule has 1 radical (unpaired) electrons. The van der Waals surface area contributed by atoms with Gasteiger partial charge in [0.2, 0.25) is 0 Å². The minimum atomic E-state index is -0.160. The van der Waals surface area contributed by atoms with E-state index >= 15 is 0 Å². The van der Waals surface area contributed by atoms with Crippen molar-refractivity contribution in [2.75, 3.05) is 11.5 Å². The van der Waals surface area contributed by atoms with Crippen molar-refractivity contribution in [3.05, 3.63) is 46.5 Å². The molecule has 0 unspecified atom stereocenters. The summed E-state index contributed by atoms with van der Waals surface area (Å²) < 4.78 is 0. The molecule has 33 heavy (non-hydrogen) atoms. The number of benzene rings is 2. The Labute approximate surface area is 212 Å². The van der Waals surface area contributed by atoms with Crippen molar-refractivity contribution >= 4 is 11.4 Å². The molecule has 5 heteroatoms. The maximum absolute atomic E-state index is 12.0. The summed E-state index contributed by atoms with van der Waals surface area (Å²) in [5, 5.41) is 23.9. The van der Waals surface area contributed by atoms with E-state index in [2.05, 4.69) is 41.5 Å². The molecule has 189 valence electrons. The van der Waals surface area contributed by atoms with Gasteiger partial charge in [0, 0.05) is 11.4 Å². The van der Waals surface area contributed by atoms with Crippen LogP contribution < -0.4 is 21.7 Å². The van der Waals surface area contributed by atoms with Gasteiger partial charge in [-0.25, -0.2) is 0 Å². The second kappa shape index (κ2) is 10.2. The van der Waals surface area contributed by atoms with Crippen LogP contribution in [0.4, 0.5) is 11.4 Å². The van der Waals surface area contributed by atoms with Gasteiger partial charge in [-0.15, -0.1) is 0 Å². The number of hydrogen-bond donors (Lipinski definition) is 2. The van der Waals surface area contributed by atoms with Crippen molar-refractivity contribution in [3.63, 3.8) is 0 Å². The van der Waals surface area contributed by atoms with Crippen LogP contribution in [0, 0.1) is 0 Å². The zero-order chi connectivity index (χ0) is 25.4. The van der Waals surface area contributed by atoms with Crippen molar-refractivity contribution < 1.29 is 27.3 Å². The summed E-state index contributed by atoms with van der Waals surface area (Å²) in [6.45, 7) is 25.0. The van der Waals surface area contributed by atoms with Crippen LogP contribution in [0.25, 0.3) is 0 Å². The number of hydrogen-bond acceptors (Lipinski definition) is 4. The molecule has 0 spiro atoms. The zero-order valence-corrected chi connectivity index (χ0v) is 23.5. The van der Waals surface area contributed by atoms with Gasteiger partial charge in [0.25, 0.3) is 0 Å². The number of nitrogens with two attached hydrogens (primary N) is 2. The molecule has 0 bridgehead atoms. The van der Waals surface area contributed by atoms with Crippen LogP contribution >= 0.6 is 0 Å². The second-order valence-electron chi connectivity index (χ2n) is 12.9. The Balaban J connectivity index is 0.000000602. The minimum Gasteiger partial charge on any atom is -0.871 e. The monoisotopic (exact) mass is 503 g/mol.